The summed E-state index contributed by atoms with van der Waals surface area (Å²) in [5.74, 6) is 0. The summed E-state index contributed by atoms with van der Waals surface area (Å²) in [7, 11) is -3.67. The number of hydrogen-bond acceptors (Lipinski definition) is 4. The Morgan fingerprint density at radius 2 is 2.05 bits per heavy atom. The van der Waals surface area contributed by atoms with Gasteiger partial charge in [0, 0.05) is 18.2 Å². The minimum Gasteiger partial charge on any atom is -0.398 e. The first-order valence-corrected chi connectivity index (χ1v) is 7.70. The molecule has 1 aromatic carbocycles. The molecule has 0 aliphatic heterocycles. The Hall–Kier alpha value is -0.820. The third kappa shape index (κ3) is 4.65. The fraction of sp³-hybridized carbons (Fsp3) is 0.500. The molecule has 0 radical (unpaired) electrons. The van der Waals surface area contributed by atoms with Gasteiger partial charge in [-0.3, -0.25) is 0 Å². The summed E-state index contributed by atoms with van der Waals surface area (Å²) < 4.78 is 26.7. The molecule has 0 aliphatic carbocycles. The molecule has 0 saturated carbocycles. The average Bonchev–Trinajstić information content (AvgIpc) is 2.26. The van der Waals surface area contributed by atoms with Crippen molar-refractivity contribution >= 4 is 27.3 Å². The molecule has 4 N–H and O–H groups in total. The van der Waals surface area contributed by atoms with E-state index in [-0.39, 0.29) is 29.1 Å². The van der Waals surface area contributed by atoms with Crippen LogP contribution < -0.4 is 10.5 Å². The van der Waals surface area contributed by atoms with Crippen molar-refractivity contribution in [1.29, 1.82) is 0 Å². The highest BCUT2D eigenvalue weighted by molar-refractivity contribution is 7.89. The number of sulfonamides is 1. The number of nitrogens with two attached hydrogens (primary N) is 1. The molecule has 0 atom stereocenters. The molecule has 0 aromatic heterocycles. The smallest absolute Gasteiger partial charge is 0.242 e. The summed E-state index contributed by atoms with van der Waals surface area (Å²) in [5.41, 5.74) is 5.44. The van der Waals surface area contributed by atoms with E-state index < -0.39 is 10.0 Å². The van der Waals surface area contributed by atoms with Crippen molar-refractivity contribution in [1.82, 2.24) is 4.72 Å². The van der Waals surface area contributed by atoms with Gasteiger partial charge in [0.1, 0.15) is 4.90 Å². The van der Waals surface area contributed by atoms with Gasteiger partial charge in [-0.2, -0.15) is 0 Å². The lowest BCUT2D eigenvalue weighted by molar-refractivity contribution is 0.213. The SMILES string of the molecule is CC(C)(CCO)CNS(=O)(=O)c1ccc(Cl)cc1N. The monoisotopic (exact) mass is 306 g/mol. The Labute approximate surface area is 118 Å². The Bertz CT molecular complexity index is 544. The molecule has 1 rings (SSSR count). The van der Waals surface area contributed by atoms with Crippen molar-refractivity contribution < 1.29 is 13.5 Å². The fourth-order valence-corrected chi connectivity index (χ4v) is 3.06. The first-order valence-electron chi connectivity index (χ1n) is 5.83. The van der Waals surface area contributed by atoms with Crippen LogP contribution in [0.25, 0.3) is 0 Å². The summed E-state index contributed by atoms with van der Waals surface area (Å²) in [6.07, 6.45) is 0.506. The van der Waals surface area contributed by atoms with Gasteiger partial charge in [-0.25, -0.2) is 13.1 Å². The second kappa shape index (κ2) is 6.09. The van der Waals surface area contributed by atoms with Crippen LogP contribution in [0.5, 0.6) is 0 Å². The van der Waals surface area contributed by atoms with Gasteiger partial charge < -0.3 is 10.8 Å². The zero-order valence-corrected chi connectivity index (χ0v) is 12.6. The molecule has 0 fully saturated rings. The van der Waals surface area contributed by atoms with Gasteiger partial charge in [0.15, 0.2) is 0 Å². The van der Waals surface area contributed by atoms with Gasteiger partial charge in [-0.05, 0) is 30.0 Å². The highest BCUT2D eigenvalue weighted by Gasteiger charge is 2.23. The highest BCUT2D eigenvalue weighted by atomic mass is 35.5. The summed E-state index contributed by atoms with van der Waals surface area (Å²) >= 11 is 5.73. The second-order valence-corrected chi connectivity index (χ2v) is 7.32. The molecule has 1 aromatic rings. The number of anilines is 1. The van der Waals surface area contributed by atoms with Crippen LogP contribution in [-0.2, 0) is 10.0 Å². The molecule has 0 amide bonds. The summed E-state index contributed by atoms with van der Waals surface area (Å²) in [6.45, 7) is 3.98. The average molecular weight is 307 g/mol. The van der Waals surface area contributed by atoms with Crippen LogP contribution in [-0.4, -0.2) is 26.7 Å². The van der Waals surface area contributed by atoms with Gasteiger partial charge in [0.2, 0.25) is 10.0 Å². The van der Waals surface area contributed by atoms with Gasteiger partial charge in [0.25, 0.3) is 0 Å². The van der Waals surface area contributed by atoms with Crippen molar-refractivity contribution in [3.63, 3.8) is 0 Å². The minimum atomic E-state index is -3.67. The molecule has 0 aliphatic rings. The first-order chi connectivity index (χ1) is 8.68. The van der Waals surface area contributed by atoms with E-state index in [1.807, 2.05) is 13.8 Å². The van der Waals surface area contributed by atoms with Crippen molar-refractivity contribution in [2.24, 2.45) is 5.41 Å². The Kier molecular flexibility index (Phi) is 5.20. The van der Waals surface area contributed by atoms with E-state index in [1.165, 1.54) is 18.2 Å². The molecular formula is C12H19ClN2O3S. The first kappa shape index (κ1) is 16.2. The quantitative estimate of drug-likeness (QED) is 0.696. The Morgan fingerprint density at radius 3 is 2.58 bits per heavy atom. The van der Waals surface area contributed by atoms with E-state index in [1.54, 1.807) is 0 Å². The summed E-state index contributed by atoms with van der Waals surface area (Å²) in [4.78, 5) is 0.0108. The Balaban J connectivity index is 2.87. The van der Waals surface area contributed by atoms with Gasteiger partial charge in [0.05, 0.1) is 5.69 Å². The molecule has 0 heterocycles. The standard InChI is InChI=1S/C12H19ClN2O3S/c1-12(2,5-6-16)8-15-19(17,18)11-4-3-9(13)7-10(11)14/h3-4,7,15-16H,5-6,8,14H2,1-2H3. The van der Waals surface area contributed by atoms with E-state index in [4.69, 9.17) is 22.4 Å². The maximum absolute atomic E-state index is 12.1. The van der Waals surface area contributed by atoms with Crippen LogP contribution in [0.3, 0.4) is 0 Å². The third-order valence-corrected chi connectivity index (χ3v) is 4.50. The van der Waals surface area contributed by atoms with Gasteiger partial charge >= 0.3 is 0 Å². The lowest BCUT2D eigenvalue weighted by Crippen LogP contribution is -2.34. The largest absolute Gasteiger partial charge is 0.398 e. The Morgan fingerprint density at radius 1 is 1.42 bits per heavy atom. The maximum Gasteiger partial charge on any atom is 0.242 e. The molecule has 0 spiro atoms. The molecule has 108 valence electrons. The van der Waals surface area contributed by atoms with Crippen molar-refractivity contribution in [2.75, 3.05) is 18.9 Å². The van der Waals surface area contributed by atoms with Gasteiger partial charge in [-0.1, -0.05) is 25.4 Å². The number of nitrogen functional groups attached to an aromatic ring is 1. The fourth-order valence-electron chi connectivity index (χ4n) is 1.52. The topological polar surface area (TPSA) is 92.4 Å². The number of nitrogens with one attached hydrogen (secondary N) is 1. The third-order valence-electron chi connectivity index (χ3n) is 2.79. The molecule has 7 heteroatoms. The van der Waals surface area contributed by atoms with Crippen molar-refractivity contribution in [3.05, 3.63) is 23.2 Å². The highest BCUT2D eigenvalue weighted by Crippen LogP contribution is 2.24. The molecule has 0 saturated heterocycles. The van der Waals surface area contributed by atoms with Crippen LogP contribution in [0.4, 0.5) is 5.69 Å². The van der Waals surface area contributed by atoms with Crippen LogP contribution >= 0.6 is 11.6 Å². The number of halogens is 1. The van der Waals surface area contributed by atoms with Crippen LogP contribution in [0.2, 0.25) is 5.02 Å². The van der Waals surface area contributed by atoms with E-state index >= 15 is 0 Å². The van der Waals surface area contributed by atoms with E-state index in [2.05, 4.69) is 4.72 Å². The molecule has 5 nitrogen and oxygen atoms in total. The van der Waals surface area contributed by atoms with Crippen LogP contribution in [0.1, 0.15) is 20.3 Å². The minimum absolute atomic E-state index is 0.0108. The maximum atomic E-state index is 12.1. The van der Waals surface area contributed by atoms with Crippen molar-refractivity contribution in [2.45, 2.75) is 25.2 Å². The van der Waals surface area contributed by atoms with E-state index in [0.29, 0.717) is 11.4 Å². The second-order valence-electron chi connectivity index (χ2n) is 5.14. The van der Waals surface area contributed by atoms with Crippen LogP contribution in [0.15, 0.2) is 23.1 Å². The zero-order chi connectivity index (χ0) is 14.7. The lowest BCUT2D eigenvalue weighted by atomic mass is 9.90. The number of aliphatic hydroxyl groups is 1. The van der Waals surface area contributed by atoms with Crippen LogP contribution in [0, 0.1) is 5.41 Å². The van der Waals surface area contributed by atoms with Crippen molar-refractivity contribution in [3.8, 4) is 0 Å². The molecule has 19 heavy (non-hydrogen) atoms. The molecule has 0 unspecified atom stereocenters. The van der Waals surface area contributed by atoms with Gasteiger partial charge in [-0.15, -0.1) is 0 Å². The summed E-state index contributed by atoms with van der Waals surface area (Å²) in [5, 5.41) is 9.30. The zero-order valence-electron chi connectivity index (χ0n) is 11.0. The summed E-state index contributed by atoms with van der Waals surface area (Å²) in [6, 6.07) is 4.25. The predicted octanol–water partition coefficient (Wildman–Crippen LogP) is 1.61. The number of hydrogen-bond donors (Lipinski definition) is 3. The predicted molar refractivity (Wildman–Crippen MR) is 76.5 cm³/mol. The van der Waals surface area contributed by atoms with E-state index in [9.17, 15) is 8.42 Å². The molecule has 0 bridgehead atoms. The van der Waals surface area contributed by atoms with E-state index in [0.717, 1.165) is 0 Å². The number of rotatable bonds is 6. The number of aliphatic hydroxyl groups excluding tert-OH is 1. The molecular weight excluding hydrogens is 288 g/mol. The lowest BCUT2D eigenvalue weighted by Gasteiger charge is -2.24. The number of benzene rings is 1. The normalized spacial score (nSPS) is 12.6.